The highest BCUT2D eigenvalue weighted by molar-refractivity contribution is 14.0. The molecule has 1 saturated heterocycles. The van der Waals surface area contributed by atoms with Crippen LogP contribution in [0.1, 0.15) is 37.3 Å². The van der Waals surface area contributed by atoms with Crippen LogP contribution < -0.4 is 20.3 Å². The molecule has 0 spiro atoms. The SMILES string of the molecule is CCOCCCNC(=NCc1ccc(OC)cc1)NCc1ccccc1N1CCCC1.I. The van der Waals surface area contributed by atoms with Gasteiger partial charge in [0.15, 0.2) is 5.96 Å². The van der Waals surface area contributed by atoms with E-state index >= 15 is 0 Å². The monoisotopic (exact) mass is 552 g/mol. The van der Waals surface area contributed by atoms with E-state index in [2.05, 4.69) is 51.9 Å². The average Bonchev–Trinajstić information content (AvgIpc) is 3.35. The summed E-state index contributed by atoms with van der Waals surface area (Å²) in [6, 6.07) is 16.7. The number of halogens is 1. The van der Waals surface area contributed by atoms with Crippen molar-refractivity contribution in [3.8, 4) is 5.75 Å². The Labute approximate surface area is 209 Å². The van der Waals surface area contributed by atoms with Crippen LogP contribution in [0.15, 0.2) is 53.5 Å². The minimum Gasteiger partial charge on any atom is -0.497 e. The van der Waals surface area contributed by atoms with E-state index in [1.165, 1.54) is 24.1 Å². The molecule has 1 aliphatic rings. The van der Waals surface area contributed by atoms with E-state index in [4.69, 9.17) is 14.5 Å². The van der Waals surface area contributed by atoms with Crippen LogP contribution in [-0.2, 0) is 17.8 Å². The molecule has 0 unspecified atom stereocenters. The average molecular weight is 553 g/mol. The number of rotatable bonds is 11. The molecule has 0 aliphatic carbocycles. The van der Waals surface area contributed by atoms with Crippen molar-refractivity contribution in [2.45, 2.75) is 39.3 Å². The van der Waals surface area contributed by atoms with Gasteiger partial charge in [0.1, 0.15) is 5.75 Å². The molecule has 32 heavy (non-hydrogen) atoms. The molecule has 2 aromatic carbocycles. The third kappa shape index (κ3) is 8.50. The van der Waals surface area contributed by atoms with E-state index < -0.39 is 0 Å². The zero-order valence-corrected chi connectivity index (χ0v) is 21.6. The molecule has 3 rings (SSSR count). The predicted molar refractivity (Wildman–Crippen MR) is 143 cm³/mol. The maximum Gasteiger partial charge on any atom is 0.191 e. The van der Waals surface area contributed by atoms with Gasteiger partial charge in [-0.1, -0.05) is 30.3 Å². The summed E-state index contributed by atoms with van der Waals surface area (Å²) < 4.78 is 10.7. The van der Waals surface area contributed by atoms with Crippen molar-refractivity contribution in [2.24, 2.45) is 4.99 Å². The van der Waals surface area contributed by atoms with Gasteiger partial charge in [-0.15, -0.1) is 24.0 Å². The Morgan fingerprint density at radius 1 is 1.03 bits per heavy atom. The first-order valence-corrected chi connectivity index (χ1v) is 11.4. The van der Waals surface area contributed by atoms with Crippen LogP contribution in [0.4, 0.5) is 5.69 Å². The lowest BCUT2D eigenvalue weighted by Crippen LogP contribution is -2.38. The summed E-state index contributed by atoms with van der Waals surface area (Å²) in [5.41, 5.74) is 3.78. The highest BCUT2D eigenvalue weighted by atomic mass is 127. The number of hydrogen-bond donors (Lipinski definition) is 2. The maximum atomic E-state index is 5.45. The zero-order chi connectivity index (χ0) is 21.7. The summed E-state index contributed by atoms with van der Waals surface area (Å²) >= 11 is 0. The number of hydrogen-bond acceptors (Lipinski definition) is 4. The lowest BCUT2D eigenvalue weighted by atomic mass is 10.1. The molecule has 1 heterocycles. The zero-order valence-electron chi connectivity index (χ0n) is 19.3. The van der Waals surface area contributed by atoms with Gasteiger partial charge in [0.2, 0.25) is 0 Å². The predicted octanol–water partition coefficient (Wildman–Crippen LogP) is 4.58. The molecule has 7 heteroatoms. The normalized spacial score (nSPS) is 13.6. The number of methoxy groups -OCH3 is 1. The molecule has 176 valence electrons. The number of nitrogens with zero attached hydrogens (tertiary/aromatic N) is 2. The smallest absolute Gasteiger partial charge is 0.191 e. The summed E-state index contributed by atoms with van der Waals surface area (Å²) in [5, 5.41) is 6.98. The molecular weight excluding hydrogens is 515 g/mol. The Kier molecular flexibility index (Phi) is 12.3. The van der Waals surface area contributed by atoms with E-state index in [1.807, 2.05) is 19.1 Å². The molecular formula is C25H37IN4O2. The van der Waals surface area contributed by atoms with Gasteiger partial charge in [-0.25, -0.2) is 4.99 Å². The highest BCUT2D eigenvalue weighted by Crippen LogP contribution is 2.24. The van der Waals surface area contributed by atoms with Crippen molar-refractivity contribution < 1.29 is 9.47 Å². The fourth-order valence-corrected chi connectivity index (χ4v) is 3.71. The summed E-state index contributed by atoms with van der Waals surface area (Å²) in [7, 11) is 1.68. The minimum absolute atomic E-state index is 0. The maximum absolute atomic E-state index is 5.45. The Morgan fingerprint density at radius 3 is 2.50 bits per heavy atom. The second kappa shape index (κ2) is 14.9. The van der Waals surface area contributed by atoms with Crippen molar-refractivity contribution >= 4 is 35.6 Å². The molecule has 0 amide bonds. The molecule has 0 saturated carbocycles. The largest absolute Gasteiger partial charge is 0.497 e. The number of ether oxygens (including phenoxy) is 2. The Morgan fingerprint density at radius 2 is 1.78 bits per heavy atom. The number of aliphatic imine (C=N–C) groups is 1. The van der Waals surface area contributed by atoms with E-state index in [9.17, 15) is 0 Å². The van der Waals surface area contributed by atoms with Crippen molar-refractivity contribution in [1.29, 1.82) is 0 Å². The summed E-state index contributed by atoms with van der Waals surface area (Å²) in [6.45, 7) is 8.00. The van der Waals surface area contributed by atoms with Crippen LogP contribution in [-0.4, -0.2) is 45.9 Å². The van der Waals surface area contributed by atoms with E-state index in [-0.39, 0.29) is 24.0 Å². The first kappa shape index (κ1) is 26.3. The summed E-state index contributed by atoms with van der Waals surface area (Å²) in [4.78, 5) is 7.30. The van der Waals surface area contributed by atoms with Crippen LogP contribution >= 0.6 is 24.0 Å². The van der Waals surface area contributed by atoms with Crippen LogP contribution in [0.2, 0.25) is 0 Å². The van der Waals surface area contributed by atoms with Crippen LogP contribution in [0.25, 0.3) is 0 Å². The number of benzene rings is 2. The lowest BCUT2D eigenvalue weighted by Gasteiger charge is -2.22. The standard InChI is InChI=1S/C25H36N4O2.HI/c1-3-31-18-8-15-26-25(27-19-21-11-13-23(30-2)14-12-21)28-20-22-9-4-5-10-24(22)29-16-6-7-17-29;/h4-5,9-14H,3,6-8,15-20H2,1-2H3,(H2,26,27,28);1H. The Bertz CT molecular complexity index is 808. The molecule has 1 fully saturated rings. The minimum atomic E-state index is 0. The second-order valence-electron chi connectivity index (χ2n) is 7.67. The summed E-state index contributed by atoms with van der Waals surface area (Å²) in [5.74, 6) is 1.68. The fourth-order valence-electron chi connectivity index (χ4n) is 3.71. The van der Waals surface area contributed by atoms with Crippen molar-refractivity contribution in [3.05, 3.63) is 59.7 Å². The number of guanidine groups is 1. The van der Waals surface area contributed by atoms with Crippen LogP contribution in [0.5, 0.6) is 5.75 Å². The van der Waals surface area contributed by atoms with Gasteiger partial charge in [0.25, 0.3) is 0 Å². The first-order valence-electron chi connectivity index (χ1n) is 11.4. The molecule has 0 bridgehead atoms. The Balaban J connectivity index is 0.00000363. The van der Waals surface area contributed by atoms with Crippen molar-refractivity contribution in [1.82, 2.24) is 10.6 Å². The van der Waals surface area contributed by atoms with Gasteiger partial charge in [0.05, 0.1) is 13.7 Å². The number of para-hydroxylation sites is 1. The molecule has 0 aromatic heterocycles. The van der Waals surface area contributed by atoms with Crippen LogP contribution in [0, 0.1) is 0 Å². The van der Waals surface area contributed by atoms with Gasteiger partial charge >= 0.3 is 0 Å². The van der Waals surface area contributed by atoms with Gasteiger partial charge < -0.3 is 25.0 Å². The third-order valence-electron chi connectivity index (χ3n) is 5.43. The summed E-state index contributed by atoms with van der Waals surface area (Å²) in [6.07, 6.45) is 3.50. The highest BCUT2D eigenvalue weighted by Gasteiger charge is 2.15. The first-order chi connectivity index (χ1) is 15.3. The molecule has 0 atom stereocenters. The van der Waals surface area contributed by atoms with Gasteiger partial charge in [0, 0.05) is 45.1 Å². The molecule has 2 aromatic rings. The molecule has 6 nitrogen and oxygen atoms in total. The van der Waals surface area contributed by atoms with Gasteiger partial charge in [-0.3, -0.25) is 0 Å². The van der Waals surface area contributed by atoms with Crippen LogP contribution in [0.3, 0.4) is 0 Å². The second-order valence-corrected chi connectivity index (χ2v) is 7.67. The van der Waals surface area contributed by atoms with Gasteiger partial charge in [-0.2, -0.15) is 0 Å². The van der Waals surface area contributed by atoms with E-state index in [0.29, 0.717) is 6.54 Å². The third-order valence-corrected chi connectivity index (χ3v) is 5.43. The number of nitrogens with one attached hydrogen (secondary N) is 2. The molecule has 2 N–H and O–H groups in total. The van der Waals surface area contributed by atoms with E-state index in [0.717, 1.165) is 63.1 Å². The molecule has 1 aliphatic heterocycles. The molecule has 0 radical (unpaired) electrons. The van der Waals surface area contributed by atoms with E-state index in [1.54, 1.807) is 7.11 Å². The van der Waals surface area contributed by atoms with Gasteiger partial charge in [-0.05, 0) is 55.5 Å². The lowest BCUT2D eigenvalue weighted by molar-refractivity contribution is 0.145. The fraction of sp³-hybridized carbons (Fsp3) is 0.480. The topological polar surface area (TPSA) is 58.1 Å². The quantitative estimate of drug-likeness (QED) is 0.185. The Hall–Kier alpha value is -2.00. The van der Waals surface area contributed by atoms with Crippen molar-refractivity contribution in [3.63, 3.8) is 0 Å². The number of anilines is 1. The van der Waals surface area contributed by atoms with Crippen molar-refractivity contribution in [2.75, 3.05) is 44.9 Å².